The van der Waals surface area contributed by atoms with Crippen molar-refractivity contribution in [3.63, 3.8) is 0 Å². The van der Waals surface area contributed by atoms with Crippen LogP contribution in [-0.2, 0) is 30.9 Å². The van der Waals surface area contributed by atoms with Crippen LogP contribution in [0.5, 0.6) is 5.75 Å². The molecule has 0 fully saturated rings. The molecule has 5 nitrogen and oxygen atoms in total. The number of amides is 1. The van der Waals surface area contributed by atoms with Crippen molar-refractivity contribution in [3.05, 3.63) is 89.5 Å². The summed E-state index contributed by atoms with van der Waals surface area (Å²) in [5, 5.41) is 0. The number of rotatable bonds is 6. The monoisotopic (exact) mass is 359 g/mol. The molecule has 1 aromatic heterocycles. The van der Waals surface area contributed by atoms with Gasteiger partial charge in [0.15, 0.2) is 0 Å². The summed E-state index contributed by atoms with van der Waals surface area (Å²) >= 11 is 0. The Morgan fingerprint density at radius 2 is 1.81 bits per heavy atom. The third-order valence-corrected chi connectivity index (χ3v) is 4.74. The normalized spacial score (nSPS) is 12.7. The van der Waals surface area contributed by atoms with Crippen molar-refractivity contribution < 1.29 is 9.53 Å². The van der Waals surface area contributed by atoms with E-state index < -0.39 is 0 Å². The van der Waals surface area contributed by atoms with Crippen molar-refractivity contribution in [1.29, 1.82) is 0 Å². The summed E-state index contributed by atoms with van der Waals surface area (Å²) in [6.45, 7) is 1.75. The van der Waals surface area contributed by atoms with E-state index in [1.165, 1.54) is 6.33 Å². The van der Waals surface area contributed by atoms with E-state index in [0.717, 1.165) is 34.6 Å². The van der Waals surface area contributed by atoms with Crippen molar-refractivity contribution in [2.75, 3.05) is 0 Å². The van der Waals surface area contributed by atoms with Crippen molar-refractivity contribution in [3.8, 4) is 5.75 Å². The van der Waals surface area contributed by atoms with Crippen LogP contribution in [0.2, 0.25) is 0 Å². The molecule has 0 saturated heterocycles. The van der Waals surface area contributed by atoms with E-state index in [1.54, 1.807) is 6.20 Å². The summed E-state index contributed by atoms with van der Waals surface area (Å²) in [5.74, 6) is 0.986. The van der Waals surface area contributed by atoms with Gasteiger partial charge < -0.3 is 9.64 Å². The number of carbonyl (C=O) groups excluding carboxylic acids is 1. The van der Waals surface area contributed by atoms with E-state index >= 15 is 0 Å². The number of carbonyl (C=O) groups is 1. The predicted octanol–water partition coefficient (Wildman–Crippen LogP) is 3.53. The van der Waals surface area contributed by atoms with Crippen LogP contribution in [0, 0.1) is 0 Å². The zero-order valence-corrected chi connectivity index (χ0v) is 15.0. The molecule has 0 radical (unpaired) electrons. The largest absolute Gasteiger partial charge is 0.489 e. The van der Waals surface area contributed by atoms with Crippen LogP contribution in [-0.4, -0.2) is 20.8 Å². The Hall–Kier alpha value is -3.21. The minimum Gasteiger partial charge on any atom is -0.489 e. The highest BCUT2D eigenvalue weighted by atomic mass is 16.5. The lowest BCUT2D eigenvalue weighted by Crippen LogP contribution is -2.25. The van der Waals surface area contributed by atoms with E-state index in [9.17, 15) is 4.79 Å². The van der Waals surface area contributed by atoms with Crippen molar-refractivity contribution >= 4 is 5.91 Å². The topological polar surface area (TPSA) is 55.3 Å². The van der Waals surface area contributed by atoms with Crippen molar-refractivity contribution in [1.82, 2.24) is 14.9 Å². The Morgan fingerprint density at radius 3 is 2.59 bits per heavy atom. The minimum absolute atomic E-state index is 0.150. The Bertz CT molecular complexity index is 885. The quantitative estimate of drug-likeness (QED) is 0.676. The van der Waals surface area contributed by atoms with Crippen LogP contribution in [0.1, 0.15) is 28.8 Å². The van der Waals surface area contributed by atoms with Gasteiger partial charge in [-0.05, 0) is 29.7 Å². The highest BCUT2D eigenvalue weighted by molar-refractivity contribution is 5.77. The number of nitrogens with zero attached hydrogens (tertiary/aromatic N) is 3. The molecule has 27 heavy (non-hydrogen) atoms. The Kier molecular flexibility index (Phi) is 5.10. The molecule has 0 bridgehead atoms. The van der Waals surface area contributed by atoms with E-state index in [0.29, 0.717) is 26.1 Å². The Balaban J connectivity index is 1.26. The van der Waals surface area contributed by atoms with Crippen molar-refractivity contribution in [2.45, 2.75) is 32.5 Å². The van der Waals surface area contributed by atoms with Gasteiger partial charge in [-0.25, -0.2) is 9.97 Å². The molecule has 5 heteroatoms. The first kappa shape index (κ1) is 17.2. The second kappa shape index (κ2) is 7.99. The van der Waals surface area contributed by atoms with Gasteiger partial charge in [-0.3, -0.25) is 4.79 Å². The maximum Gasteiger partial charge on any atom is 0.223 e. The van der Waals surface area contributed by atoms with E-state index in [-0.39, 0.29) is 5.91 Å². The standard InChI is InChI=1S/C22H21N3O2/c26-22(25-13-19-12-23-16-24-21(19)14-25)11-8-17-6-9-20(10-7-17)27-15-18-4-2-1-3-5-18/h1-7,9-10,12,16H,8,11,13-15H2. The number of ether oxygens (including phenoxy) is 1. The SMILES string of the molecule is O=C(CCc1ccc(OCc2ccccc2)cc1)N1Cc2cncnc2C1. The summed E-state index contributed by atoms with van der Waals surface area (Å²) in [4.78, 5) is 22.6. The van der Waals surface area contributed by atoms with Gasteiger partial charge in [-0.2, -0.15) is 0 Å². The average molecular weight is 359 g/mol. The number of aryl methyl sites for hydroxylation is 1. The number of fused-ring (bicyclic) bond motifs is 1. The summed E-state index contributed by atoms with van der Waals surface area (Å²) in [7, 11) is 0. The molecule has 136 valence electrons. The number of aromatic nitrogens is 2. The van der Waals surface area contributed by atoms with Gasteiger partial charge in [-0.15, -0.1) is 0 Å². The van der Waals surface area contributed by atoms with Gasteiger partial charge in [0.25, 0.3) is 0 Å². The minimum atomic E-state index is 0.150. The number of benzene rings is 2. The van der Waals surface area contributed by atoms with Gasteiger partial charge >= 0.3 is 0 Å². The smallest absolute Gasteiger partial charge is 0.223 e. The first-order valence-electron chi connectivity index (χ1n) is 9.09. The fourth-order valence-electron chi connectivity index (χ4n) is 3.18. The summed E-state index contributed by atoms with van der Waals surface area (Å²) in [6, 6.07) is 18.1. The molecule has 4 rings (SSSR count). The molecule has 0 aliphatic carbocycles. The maximum absolute atomic E-state index is 12.5. The van der Waals surface area contributed by atoms with Gasteiger partial charge in [0, 0.05) is 24.7 Å². The summed E-state index contributed by atoms with van der Waals surface area (Å²) in [6.07, 6.45) is 4.54. The summed E-state index contributed by atoms with van der Waals surface area (Å²) in [5.41, 5.74) is 4.28. The number of hydrogen-bond donors (Lipinski definition) is 0. The maximum atomic E-state index is 12.5. The van der Waals surface area contributed by atoms with E-state index in [1.807, 2.05) is 59.5 Å². The second-order valence-corrected chi connectivity index (χ2v) is 6.66. The second-order valence-electron chi connectivity index (χ2n) is 6.66. The Morgan fingerprint density at radius 1 is 1.00 bits per heavy atom. The fraction of sp³-hybridized carbons (Fsp3) is 0.227. The molecule has 2 aromatic carbocycles. The molecule has 0 atom stereocenters. The zero-order valence-electron chi connectivity index (χ0n) is 15.0. The average Bonchev–Trinajstić information content (AvgIpc) is 3.16. The lowest BCUT2D eigenvalue weighted by molar-refractivity contribution is -0.131. The van der Waals surface area contributed by atoms with E-state index in [2.05, 4.69) is 9.97 Å². The molecule has 1 aliphatic rings. The fourth-order valence-corrected chi connectivity index (χ4v) is 3.18. The van der Waals surface area contributed by atoms with Crippen LogP contribution in [0.3, 0.4) is 0 Å². The highest BCUT2D eigenvalue weighted by Crippen LogP contribution is 2.21. The third kappa shape index (κ3) is 4.31. The molecule has 0 N–H and O–H groups in total. The first-order valence-corrected chi connectivity index (χ1v) is 9.09. The Labute approximate surface area is 158 Å². The van der Waals surface area contributed by atoms with Gasteiger partial charge in [0.1, 0.15) is 18.7 Å². The van der Waals surface area contributed by atoms with Gasteiger partial charge in [0.2, 0.25) is 5.91 Å². The molecular weight excluding hydrogens is 338 g/mol. The van der Waals surface area contributed by atoms with Crippen LogP contribution in [0.25, 0.3) is 0 Å². The van der Waals surface area contributed by atoms with Crippen LogP contribution in [0.15, 0.2) is 67.1 Å². The molecule has 3 aromatic rings. The number of hydrogen-bond acceptors (Lipinski definition) is 4. The van der Waals surface area contributed by atoms with Crippen LogP contribution in [0.4, 0.5) is 0 Å². The lowest BCUT2D eigenvalue weighted by atomic mass is 10.1. The first-order chi connectivity index (χ1) is 13.3. The summed E-state index contributed by atoms with van der Waals surface area (Å²) < 4.78 is 5.80. The highest BCUT2D eigenvalue weighted by Gasteiger charge is 2.23. The molecule has 0 saturated carbocycles. The molecule has 1 aliphatic heterocycles. The molecule has 2 heterocycles. The van der Waals surface area contributed by atoms with Crippen LogP contribution >= 0.6 is 0 Å². The molecule has 1 amide bonds. The van der Waals surface area contributed by atoms with Gasteiger partial charge in [0.05, 0.1) is 12.2 Å². The van der Waals surface area contributed by atoms with Crippen LogP contribution < -0.4 is 4.74 Å². The molecule has 0 spiro atoms. The van der Waals surface area contributed by atoms with Gasteiger partial charge in [-0.1, -0.05) is 42.5 Å². The zero-order chi connectivity index (χ0) is 18.5. The molecule has 0 unspecified atom stereocenters. The third-order valence-electron chi connectivity index (χ3n) is 4.74. The van der Waals surface area contributed by atoms with E-state index in [4.69, 9.17) is 4.74 Å². The predicted molar refractivity (Wildman–Crippen MR) is 102 cm³/mol. The molecular formula is C22H21N3O2. The van der Waals surface area contributed by atoms with Crippen molar-refractivity contribution in [2.24, 2.45) is 0 Å². The lowest BCUT2D eigenvalue weighted by Gasteiger charge is -2.15.